The topological polar surface area (TPSA) is 100 Å². The first-order chi connectivity index (χ1) is 12.8. The molecule has 0 unspecified atom stereocenters. The van der Waals surface area contributed by atoms with Crippen LogP contribution in [0.1, 0.15) is 0 Å². The second-order valence-corrected chi connectivity index (χ2v) is 5.53. The van der Waals surface area contributed by atoms with E-state index in [1.165, 1.54) is 0 Å². The minimum Gasteiger partial charge on any atom is -0.318 e. The second kappa shape index (κ2) is 6.60. The van der Waals surface area contributed by atoms with Crippen LogP contribution in [0.3, 0.4) is 0 Å². The third-order valence-electron chi connectivity index (χ3n) is 3.89. The molecule has 8 heteroatoms. The summed E-state index contributed by atoms with van der Waals surface area (Å²) < 4.78 is 0. The van der Waals surface area contributed by atoms with Gasteiger partial charge in [-0.1, -0.05) is 18.2 Å². The van der Waals surface area contributed by atoms with E-state index >= 15 is 0 Å². The van der Waals surface area contributed by atoms with Crippen LogP contribution in [0.2, 0.25) is 0 Å². The highest BCUT2D eigenvalue weighted by Crippen LogP contribution is 2.38. The monoisotopic (exact) mass is 345 g/mol. The molecule has 0 bridgehead atoms. The smallest absolute Gasteiger partial charge is 0.315 e. The molecule has 0 fully saturated rings. The van der Waals surface area contributed by atoms with Gasteiger partial charge in [-0.15, -0.1) is 0 Å². The quantitative estimate of drug-likeness (QED) is 0.703. The van der Waals surface area contributed by atoms with Gasteiger partial charge in [0.05, 0.1) is 0 Å². The summed E-state index contributed by atoms with van der Waals surface area (Å²) in [6.07, 6.45) is 4.88. The van der Waals surface area contributed by atoms with Gasteiger partial charge in [0.15, 0.2) is 17.5 Å². The van der Waals surface area contributed by atoms with Crippen molar-refractivity contribution < 1.29 is 9.59 Å². The van der Waals surface area contributed by atoms with Gasteiger partial charge in [-0.3, -0.25) is 14.6 Å². The maximum absolute atomic E-state index is 12.2. The fourth-order valence-electron chi connectivity index (χ4n) is 2.75. The van der Waals surface area contributed by atoms with Gasteiger partial charge in [-0.05, 0) is 24.3 Å². The molecule has 2 aromatic heterocycles. The molecule has 3 heterocycles. The lowest BCUT2D eigenvalue weighted by atomic mass is 10.2. The molecule has 1 aromatic carbocycles. The predicted molar refractivity (Wildman–Crippen MR) is 96.7 cm³/mol. The van der Waals surface area contributed by atoms with Crippen molar-refractivity contribution in [3.8, 4) is 11.4 Å². The van der Waals surface area contributed by atoms with Crippen LogP contribution in [0.4, 0.5) is 23.0 Å². The molecule has 127 valence electrons. The van der Waals surface area contributed by atoms with E-state index in [-0.39, 0.29) is 18.3 Å². The Hall–Kier alpha value is -3.81. The van der Waals surface area contributed by atoms with Crippen molar-refractivity contribution in [3.05, 3.63) is 54.9 Å². The number of fused-ring (bicyclic) bond motifs is 1. The Morgan fingerprint density at radius 3 is 2.58 bits per heavy atom. The van der Waals surface area contributed by atoms with Gasteiger partial charge in [0.25, 0.3) is 0 Å². The number of hydrogen-bond acceptors (Lipinski definition) is 6. The highest BCUT2D eigenvalue weighted by molar-refractivity contribution is 6.06. The third-order valence-corrected chi connectivity index (χ3v) is 3.89. The Morgan fingerprint density at radius 1 is 1.08 bits per heavy atom. The van der Waals surface area contributed by atoms with Crippen LogP contribution in [0.5, 0.6) is 0 Å². The lowest BCUT2D eigenvalue weighted by molar-refractivity contribution is -0.115. The Morgan fingerprint density at radius 2 is 1.85 bits per heavy atom. The molecule has 26 heavy (non-hydrogen) atoms. The number of para-hydroxylation sites is 1. The van der Waals surface area contributed by atoms with Crippen molar-refractivity contribution >= 4 is 35.3 Å². The van der Waals surface area contributed by atoms with Crippen LogP contribution in [0, 0.1) is 0 Å². The van der Waals surface area contributed by atoms with Crippen molar-refractivity contribution in [1.82, 2.24) is 15.0 Å². The van der Waals surface area contributed by atoms with Crippen LogP contribution in [0.25, 0.3) is 11.4 Å². The number of benzene rings is 1. The summed E-state index contributed by atoms with van der Waals surface area (Å²) in [7, 11) is 0. The molecule has 1 aliphatic heterocycles. The number of nitrogens with one attached hydrogen (secondary N) is 2. The Balaban J connectivity index is 1.92. The Labute approximate surface area is 148 Å². The standard InChI is InChI=1S/C18H13N6O2/c25-11-20-17-15-18(23-16(22-17)12-6-8-19-9-7-12)24(10-14(26)21-15)13-4-2-1-3-5-13/h1-9H,10H2,(H,21,26)(H,20,22,23,25). The summed E-state index contributed by atoms with van der Waals surface area (Å²) in [6.45, 7) is 0.105. The maximum Gasteiger partial charge on any atom is 0.315 e. The summed E-state index contributed by atoms with van der Waals surface area (Å²) in [6, 6.07) is 13.0. The normalized spacial score (nSPS) is 12.9. The number of hydrogen-bond donors (Lipinski definition) is 2. The molecular formula is C18H13N6O2. The van der Waals surface area contributed by atoms with Gasteiger partial charge in [0.1, 0.15) is 12.2 Å². The number of amides is 2. The van der Waals surface area contributed by atoms with Gasteiger partial charge in [-0.25, -0.2) is 9.97 Å². The summed E-state index contributed by atoms with van der Waals surface area (Å²) in [4.78, 5) is 37.8. The predicted octanol–water partition coefficient (Wildman–Crippen LogP) is 2.11. The van der Waals surface area contributed by atoms with E-state index < -0.39 is 0 Å². The summed E-state index contributed by atoms with van der Waals surface area (Å²) in [5, 5.41) is 5.16. The zero-order chi connectivity index (χ0) is 17.9. The van der Waals surface area contributed by atoms with Crippen LogP contribution >= 0.6 is 0 Å². The molecule has 1 aliphatic rings. The van der Waals surface area contributed by atoms with E-state index in [1.54, 1.807) is 35.8 Å². The van der Waals surface area contributed by atoms with Crippen LogP contribution in [-0.4, -0.2) is 33.8 Å². The maximum atomic E-state index is 12.2. The largest absolute Gasteiger partial charge is 0.318 e. The molecule has 0 aliphatic carbocycles. The first-order valence-corrected chi connectivity index (χ1v) is 7.84. The molecule has 0 spiro atoms. The van der Waals surface area contributed by atoms with E-state index in [9.17, 15) is 9.59 Å². The van der Waals surface area contributed by atoms with Gasteiger partial charge in [-0.2, -0.15) is 0 Å². The molecule has 0 atom stereocenters. The number of nitrogens with zero attached hydrogens (tertiary/aromatic N) is 4. The Bertz CT molecular complexity index is 962. The van der Waals surface area contributed by atoms with Crippen LogP contribution < -0.4 is 15.5 Å². The van der Waals surface area contributed by atoms with Crippen molar-refractivity contribution in [2.24, 2.45) is 0 Å². The van der Waals surface area contributed by atoms with Crippen molar-refractivity contribution in [1.29, 1.82) is 0 Å². The fraction of sp³-hybridized carbons (Fsp3) is 0.0556. The number of carbonyl (C=O) groups excluding carboxylic acids is 2. The molecule has 2 amide bonds. The summed E-state index contributed by atoms with van der Waals surface area (Å²) in [5.74, 6) is 0.859. The number of aromatic nitrogens is 3. The lowest BCUT2D eigenvalue weighted by Gasteiger charge is -2.30. The highest BCUT2D eigenvalue weighted by atomic mass is 16.2. The first-order valence-electron chi connectivity index (χ1n) is 7.84. The van der Waals surface area contributed by atoms with Crippen molar-refractivity contribution in [3.63, 3.8) is 0 Å². The SMILES string of the molecule is O=[C]Nc1nc(-c2ccncc2)nc2c1NC(=O)CN2c1ccccc1. The number of rotatable bonds is 4. The van der Waals surface area contributed by atoms with E-state index in [1.807, 2.05) is 30.3 Å². The van der Waals surface area contributed by atoms with E-state index in [0.717, 1.165) is 11.3 Å². The first kappa shape index (κ1) is 15.7. The molecule has 4 rings (SSSR count). The fourth-order valence-corrected chi connectivity index (χ4v) is 2.75. The number of anilines is 4. The van der Waals surface area contributed by atoms with E-state index in [2.05, 4.69) is 25.6 Å². The van der Waals surface area contributed by atoms with Gasteiger partial charge in [0, 0.05) is 23.6 Å². The third kappa shape index (κ3) is 2.84. The van der Waals surface area contributed by atoms with E-state index in [4.69, 9.17) is 0 Å². The number of carbonyl (C=O) groups is 1. The van der Waals surface area contributed by atoms with E-state index in [0.29, 0.717) is 17.3 Å². The second-order valence-electron chi connectivity index (χ2n) is 5.53. The van der Waals surface area contributed by atoms with Gasteiger partial charge < -0.3 is 15.5 Å². The summed E-state index contributed by atoms with van der Waals surface area (Å²) in [5.41, 5.74) is 1.89. The molecule has 8 nitrogen and oxygen atoms in total. The number of pyridine rings is 1. The van der Waals surface area contributed by atoms with Gasteiger partial charge in [0.2, 0.25) is 5.91 Å². The van der Waals surface area contributed by atoms with Gasteiger partial charge >= 0.3 is 6.41 Å². The van der Waals surface area contributed by atoms with Crippen molar-refractivity contribution in [2.75, 3.05) is 22.1 Å². The van der Waals surface area contributed by atoms with Crippen molar-refractivity contribution in [2.45, 2.75) is 0 Å². The lowest BCUT2D eigenvalue weighted by Crippen LogP contribution is -2.36. The molecule has 0 saturated heterocycles. The molecule has 1 radical (unpaired) electrons. The Kier molecular flexibility index (Phi) is 3.98. The van der Waals surface area contributed by atoms with Crippen LogP contribution in [-0.2, 0) is 9.59 Å². The molecule has 3 aromatic rings. The minimum absolute atomic E-state index is 0.105. The summed E-state index contributed by atoms with van der Waals surface area (Å²) >= 11 is 0. The average molecular weight is 345 g/mol. The molecule has 2 N–H and O–H groups in total. The zero-order valence-corrected chi connectivity index (χ0v) is 13.5. The zero-order valence-electron chi connectivity index (χ0n) is 13.5. The minimum atomic E-state index is -0.226. The molecular weight excluding hydrogens is 332 g/mol. The van der Waals surface area contributed by atoms with Crippen LogP contribution in [0.15, 0.2) is 54.9 Å². The molecule has 0 saturated carbocycles. The highest BCUT2D eigenvalue weighted by Gasteiger charge is 2.29. The average Bonchev–Trinajstić information content (AvgIpc) is 2.69.